The van der Waals surface area contributed by atoms with Crippen molar-refractivity contribution in [3.05, 3.63) is 42.2 Å². The fourth-order valence-electron chi connectivity index (χ4n) is 1.80. The molecule has 0 radical (unpaired) electrons. The van der Waals surface area contributed by atoms with Gasteiger partial charge in [0.15, 0.2) is 5.96 Å². The molecule has 3 N–H and O–H groups in total. The molecule has 2 aromatic rings. The highest BCUT2D eigenvalue weighted by molar-refractivity contribution is 5.92. The summed E-state index contributed by atoms with van der Waals surface area (Å²) < 4.78 is 6.93. The van der Waals surface area contributed by atoms with Crippen molar-refractivity contribution in [3.63, 3.8) is 0 Å². The average molecular weight is 273 g/mol. The van der Waals surface area contributed by atoms with Gasteiger partial charge in [0, 0.05) is 37.6 Å². The number of hydrogen-bond acceptors (Lipinski definition) is 3. The van der Waals surface area contributed by atoms with Gasteiger partial charge in [0.05, 0.1) is 7.11 Å². The van der Waals surface area contributed by atoms with E-state index in [1.165, 1.54) is 0 Å². The number of ether oxygens (including phenoxy) is 1. The number of guanidine groups is 1. The number of nitrogens with zero attached hydrogens (tertiary/aromatic N) is 3. The molecule has 0 aliphatic rings. The molecule has 1 aromatic carbocycles. The zero-order valence-electron chi connectivity index (χ0n) is 11.7. The highest BCUT2D eigenvalue weighted by atomic mass is 16.5. The van der Waals surface area contributed by atoms with Gasteiger partial charge in [-0.3, -0.25) is 9.67 Å². The highest BCUT2D eigenvalue weighted by Crippen LogP contribution is 2.14. The van der Waals surface area contributed by atoms with E-state index in [0.29, 0.717) is 12.5 Å². The number of methoxy groups -OCH3 is 1. The minimum Gasteiger partial charge on any atom is -0.497 e. The Morgan fingerprint density at radius 2 is 2.10 bits per heavy atom. The Hall–Kier alpha value is -2.50. The minimum atomic E-state index is 0.400. The molecule has 20 heavy (non-hydrogen) atoms. The van der Waals surface area contributed by atoms with Crippen LogP contribution >= 0.6 is 0 Å². The summed E-state index contributed by atoms with van der Waals surface area (Å²) in [7, 11) is 3.55. The van der Waals surface area contributed by atoms with Gasteiger partial charge in [-0.15, -0.1) is 0 Å². The number of aryl methyl sites for hydroxylation is 1. The molecule has 1 heterocycles. The number of nitrogens with one attached hydrogen (secondary N) is 1. The first-order valence-electron chi connectivity index (χ1n) is 6.37. The van der Waals surface area contributed by atoms with Crippen LogP contribution in [0.15, 0.2) is 41.5 Å². The molecule has 6 nitrogen and oxygen atoms in total. The summed E-state index contributed by atoms with van der Waals surface area (Å²) >= 11 is 0. The van der Waals surface area contributed by atoms with E-state index < -0.39 is 0 Å². The first kappa shape index (κ1) is 13.9. The monoisotopic (exact) mass is 273 g/mol. The van der Waals surface area contributed by atoms with Crippen LogP contribution in [0, 0.1) is 0 Å². The Morgan fingerprint density at radius 3 is 2.70 bits per heavy atom. The van der Waals surface area contributed by atoms with Crippen LogP contribution < -0.4 is 15.8 Å². The summed E-state index contributed by atoms with van der Waals surface area (Å²) in [5.41, 5.74) is 7.85. The van der Waals surface area contributed by atoms with Crippen LogP contribution in [-0.4, -0.2) is 29.4 Å². The first-order valence-corrected chi connectivity index (χ1v) is 6.37. The maximum absolute atomic E-state index is 5.84. The number of rotatable bonds is 5. The molecule has 106 valence electrons. The van der Waals surface area contributed by atoms with Crippen LogP contribution in [-0.2, 0) is 13.5 Å². The molecule has 0 bridgehead atoms. The normalized spacial score (nSPS) is 11.4. The number of aliphatic imine (C=N–C) groups is 1. The summed E-state index contributed by atoms with van der Waals surface area (Å²) in [5, 5.41) is 7.15. The topological polar surface area (TPSA) is 77.5 Å². The van der Waals surface area contributed by atoms with Gasteiger partial charge in [0.25, 0.3) is 0 Å². The zero-order chi connectivity index (χ0) is 14.4. The third-order valence-electron chi connectivity index (χ3n) is 2.93. The first-order chi connectivity index (χ1) is 9.69. The molecular weight excluding hydrogens is 254 g/mol. The van der Waals surface area contributed by atoms with Crippen molar-refractivity contribution < 1.29 is 4.74 Å². The van der Waals surface area contributed by atoms with E-state index in [2.05, 4.69) is 15.4 Å². The molecule has 0 saturated heterocycles. The Balaban J connectivity index is 1.85. The molecule has 0 atom stereocenters. The molecule has 6 heteroatoms. The van der Waals surface area contributed by atoms with E-state index in [4.69, 9.17) is 10.5 Å². The predicted octanol–water partition coefficient (Wildman–Crippen LogP) is 1.40. The SMILES string of the molecule is COc1ccc(NC(N)=NCCc2ccnn2C)cc1. The van der Waals surface area contributed by atoms with Gasteiger partial charge in [-0.25, -0.2) is 0 Å². The number of anilines is 1. The van der Waals surface area contributed by atoms with Gasteiger partial charge in [-0.2, -0.15) is 5.10 Å². The average Bonchev–Trinajstić information content (AvgIpc) is 2.85. The quantitative estimate of drug-likeness (QED) is 0.637. The van der Waals surface area contributed by atoms with Crippen molar-refractivity contribution in [1.82, 2.24) is 9.78 Å². The smallest absolute Gasteiger partial charge is 0.193 e. The molecule has 0 aliphatic carbocycles. The van der Waals surface area contributed by atoms with Crippen LogP contribution in [0.5, 0.6) is 5.75 Å². The van der Waals surface area contributed by atoms with Crippen LogP contribution in [0.4, 0.5) is 5.69 Å². The van der Waals surface area contributed by atoms with Gasteiger partial charge < -0.3 is 15.8 Å². The largest absolute Gasteiger partial charge is 0.497 e. The van der Waals surface area contributed by atoms with Crippen molar-refractivity contribution >= 4 is 11.6 Å². The Labute approximate surface area is 118 Å². The second-order valence-electron chi connectivity index (χ2n) is 4.32. The molecule has 1 aromatic heterocycles. The van der Waals surface area contributed by atoms with E-state index in [1.54, 1.807) is 13.3 Å². The second kappa shape index (κ2) is 6.60. The van der Waals surface area contributed by atoms with E-state index in [9.17, 15) is 0 Å². The summed E-state index contributed by atoms with van der Waals surface area (Å²) in [6.07, 6.45) is 2.58. The molecule has 2 rings (SSSR count). The lowest BCUT2D eigenvalue weighted by molar-refractivity contribution is 0.415. The molecular formula is C14H19N5O. The summed E-state index contributed by atoms with van der Waals surface area (Å²) in [4.78, 5) is 4.29. The van der Waals surface area contributed by atoms with Crippen molar-refractivity contribution in [2.45, 2.75) is 6.42 Å². The van der Waals surface area contributed by atoms with E-state index >= 15 is 0 Å². The lowest BCUT2D eigenvalue weighted by Gasteiger charge is -2.06. The third kappa shape index (κ3) is 3.74. The predicted molar refractivity (Wildman–Crippen MR) is 80.0 cm³/mol. The zero-order valence-corrected chi connectivity index (χ0v) is 11.7. The number of aromatic nitrogens is 2. The Kier molecular flexibility index (Phi) is 4.60. The number of benzene rings is 1. The molecule has 0 amide bonds. The van der Waals surface area contributed by atoms with Crippen molar-refractivity contribution in [2.75, 3.05) is 19.0 Å². The molecule has 0 aliphatic heterocycles. The van der Waals surface area contributed by atoms with E-state index in [1.807, 2.05) is 42.1 Å². The van der Waals surface area contributed by atoms with Crippen LogP contribution in [0.2, 0.25) is 0 Å². The van der Waals surface area contributed by atoms with Crippen LogP contribution in [0.25, 0.3) is 0 Å². The molecule has 0 fully saturated rings. The molecule has 0 spiro atoms. The molecule has 0 saturated carbocycles. The second-order valence-corrected chi connectivity index (χ2v) is 4.32. The maximum Gasteiger partial charge on any atom is 0.193 e. The fraction of sp³-hybridized carbons (Fsp3) is 0.286. The van der Waals surface area contributed by atoms with Crippen molar-refractivity contribution in [1.29, 1.82) is 0 Å². The number of nitrogens with two attached hydrogens (primary N) is 1. The summed E-state index contributed by atoms with van der Waals surface area (Å²) in [6.45, 7) is 0.620. The van der Waals surface area contributed by atoms with Gasteiger partial charge in [-0.1, -0.05) is 0 Å². The lowest BCUT2D eigenvalue weighted by Crippen LogP contribution is -2.23. The lowest BCUT2D eigenvalue weighted by atomic mass is 10.3. The van der Waals surface area contributed by atoms with Gasteiger partial charge in [-0.05, 0) is 30.3 Å². The summed E-state index contributed by atoms with van der Waals surface area (Å²) in [6, 6.07) is 9.49. The highest BCUT2D eigenvalue weighted by Gasteiger charge is 1.99. The fourth-order valence-corrected chi connectivity index (χ4v) is 1.80. The van der Waals surface area contributed by atoms with Gasteiger partial charge >= 0.3 is 0 Å². The summed E-state index contributed by atoms with van der Waals surface area (Å²) in [5.74, 6) is 1.21. The van der Waals surface area contributed by atoms with Crippen molar-refractivity contribution in [2.24, 2.45) is 17.8 Å². The minimum absolute atomic E-state index is 0.400. The molecule has 0 unspecified atom stereocenters. The Morgan fingerprint density at radius 1 is 1.35 bits per heavy atom. The standard InChI is InChI=1S/C14H19N5O/c1-19-12(8-10-17-19)7-9-16-14(15)18-11-3-5-13(20-2)6-4-11/h3-6,8,10H,7,9H2,1-2H3,(H3,15,16,18). The Bertz CT molecular complexity index is 574. The van der Waals surface area contributed by atoms with Crippen LogP contribution in [0.1, 0.15) is 5.69 Å². The van der Waals surface area contributed by atoms with E-state index in [0.717, 1.165) is 23.6 Å². The van der Waals surface area contributed by atoms with Gasteiger partial charge in [0.1, 0.15) is 5.75 Å². The third-order valence-corrected chi connectivity index (χ3v) is 2.93. The van der Waals surface area contributed by atoms with Crippen LogP contribution in [0.3, 0.4) is 0 Å². The van der Waals surface area contributed by atoms with Gasteiger partial charge in [0.2, 0.25) is 0 Å². The maximum atomic E-state index is 5.84. The van der Waals surface area contributed by atoms with Crippen molar-refractivity contribution in [3.8, 4) is 5.75 Å². The van der Waals surface area contributed by atoms with E-state index in [-0.39, 0.29) is 0 Å². The number of hydrogen-bond donors (Lipinski definition) is 2.